The maximum absolute atomic E-state index is 11.4. The maximum atomic E-state index is 11.4. The molecule has 1 heterocycles. The van der Waals surface area contributed by atoms with E-state index in [4.69, 9.17) is 15.2 Å². The first-order valence-electron chi connectivity index (χ1n) is 6.56. The Hall–Kier alpha value is -1.78. The summed E-state index contributed by atoms with van der Waals surface area (Å²) in [7, 11) is 1.44. The van der Waals surface area contributed by atoms with E-state index in [9.17, 15) is 4.79 Å². The van der Waals surface area contributed by atoms with Crippen LogP contribution in [0.3, 0.4) is 0 Å². The van der Waals surface area contributed by atoms with Gasteiger partial charge in [-0.05, 0) is 38.7 Å². The number of carbonyl (C=O) groups excluding carboxylic acids is 1. The Morgan fingerprint density at radius 3 is 2.63 bits per heavy atom. The van der Waals surface area contributed by atoms with Crippen LogP contribution in [0.25, 0.3) is 0 Å². The van der Waals surface area contributed by atoms with Crippen LogP contribution in [0.4, 0.5) is 5.69 Å². The zero-order chi connectivity index (χ0) is 13.8. The average molecular weight is 264 g/mol. The summed E-state index contributed by atoms with van der Waals surface area (Å²) in [5.41, 5.74) is 7.24. The van der Waals surface area contributed by atoms with E-state index in [1.54, 1.807) is 6.20 Å². The number of hydrogen-bond donors (Lipinski definition) is 1. The number of nitrogen functional groups attached to an aromatic ring is 1. The minimum Gasteiger partial charge on any atom is -0.474 e. The van der Waals surface area contributed by atoms with Gasteiger partial charge in [-0.2, -0.15) is 0 Å². The zero-order valence-corrected chi connectivity index (χ0v) is 11.4. The third-order valence-electron chi connectivity index (χ3n) is 3.54. The van der Waals surface area contributed by atoms with Crippen molar-refractivity contribution in [3.8, 4) is 5.88 Å². The number of aryl methyl sites for hydroxylation is 1. The molecule has 0 spiro atoms. The molecule has 0 radical (unpaired) electrons. The Labute approximate surface area is 113 Å². The summed E-state index contributed by atoms with van der Waals surface area (Å²) in [5, 5.41) is 0. The lowest BCUT2D eigenvalue weighted by molar-refractivity contribution is -0.147. The summed E-state index contributed by atoms with van der Waals surface area (Å²) in [6.07, 6.45) is 5.05. The smallest absolute Gasteiger partial charge is 0.308 e. The van der Waals surface area contributed by atoms with Crippen LogP contribution in [-0.2, 0) is 9.53 Å². The Balaban J connectivity index is 1.90. The Kier molecular flexibility index (Phi) is 4.24. The molecule has 1 saturated carbocycles. The van der Waals surface area contributed by atoms with Gasteiger partial charge in [0.15, 0.2) is 0 Å². The number of nitrogens with zero attached hydrogens (tertiary/aromatic N) is 1. The molecular weight excluding hydrogens is 244 g/mol. The molecular formula is C14H20N2O3. The first-order valence-corrected chi connectivity index (χ1v) is 6.56. The number of esters is 1. The number of aromatic nitrogens is 1. The van der Waals surface area contributed by atoms with E-state index in [0.717, 1.165) is 31.2 Å². The molecule has 5 heteroatoms. The molecule has 2 N–H and O–H groups in total. The molecule has 0 saturated heterocycles. The lowest BCUT2D eigenvalue weighted by Crippen LogP contribution is -2.29. The monoisotopic (exact) mass is 264 g/mol. The fraction of sp³-hybridized carbons (Fsp3) is 0.571. The molecule has 1 aromatic heterocycles. The van der Waals surface area contributed by atoms with Gasteiger partial charge in [0.1, 0.15) is 6.10 Å². The summed E-state index contributed by atoms with van der Waals surface area (Å²) in [4.78, 5) is 15.6. The van der Waals surface area contributed by atoms with Gasteiger partial charge in [0, 0.05) is 5.56 Å². The minimum absolute atomic E-state index is 0.0188. The van der Waals surface area contributed by atoms with E-state index >= 15 is 0 Å². The Morgan fingerprint density at radius 2 is 2.05 bits per heavy atom. The molecule has 0 aromatic carbocycles. The summed E-state index contributed by atoms with van der Waals surface area (Å²) >= 11 is 0. The number of nitrogens with two attached hydrogens (primary N) is 1. The van der Waals surface area contributed by atoms with Crippen molar-refractivity contribution in [1.82, 2.24) is 4.98 Å². The van der Waals surface area contributed by atoms with E-state index in [1.807, 2.05) is 13.0 Å². The van der Waals surface area contributed by atoms with Gasteiger partial charge in [-0.15, -0.1) is 0 Å². The van der Waals surface area contributed by atoms with Crippen molar-refractivity contribution in [3.05, 3.63) is 17.8 Å². The van der Waals surface area contributed by atoms with Crippen LogP contribution in [0, 0.1) is 12.8 Å². The largest absolute Gasteiger partial charge is 0.474 e. The van der Waals surface area contributed by atoms with Crippen molar-refractivity contribution >= 4 is 11.7 Å². The fourth-order valence-corrected chi connectivity index (χ4v) is 2.45. The lowest BCUT2D eigenvalue weighted by Gasteiger charge is -2.27. The molecule has 0 aliphatic heterocycles. The number of anilines is 1. The summed E-state index contributed by atoms with van der Waals surface area (Å²) in [6.45, 7) is 1.93. The van der Waals surface area contributed by atoms with Crippen LogP contribution < -0.4 is 10.5 Å². The van der Waals surface area contributed by atoms with Gasteiger partial charge >= 0.3 is 5.97 Å². The molecule has 1 fully saturated rings. The summed E-state index contributed by atoms with van der Waals surface area (Å²) < 4.78 is 10.7. The third-order valence-corrected chi connectivity index (χ3v) is 3.54. The number of pyridine rings is 1. The summed E-state index contributed by atoms with van der Waals surface area (Å²) in [6, 6.07) is 1.85. The van der Waals surface area contributed by atoms with Crippen molar-refractivity contribution < 1.29 is 14.3 Å². The standard InChI is InChI=1S/C14H20N2O3/c1-9-7-11(15)8-16-13(9)19-12-5-3-10(4-6-12)14(17)18-2/h7-8,10,12H,3-6,15H2,1-2H3/t10-,12-. The quantitative estimate of drug-likeness (QED) is 0.846. The summed E-state index contributed by atoms with van der Waals surface area (Å²) in [5.74, 6) is 0.543. The van der Waals surface area contributed by atoms with Gasteiger partial charge in [0.05, 0.1) is 24.9 Å². The van der Waals surface area contributed by atoms with E-state index in [1.165, 1.54) is 7.11 Å². The molecule has 0 bridgehead atoms. The molecule has 2 rings (SSSR count). The highest BCUT2D eigenvalue weighted by Gasteiger charge is 2.28. The zero-order valence-electron chi connectivity index (χ0n) is 11.4. The second-order valence-corrected chi connectivity index (χ2v) is 5.01. The number of rotatable bonds is 3. The predicted octanol–water partition coefficient (Wildman–Crippen LogP) is 2.08. The molecule has 0 amide bonds. The van der Waals surface area contributed by atoms with E-state index in [0.29, 0.717) is 11.6 Å². The topological polar surface area (TPSA) is 74.4 Å². The maximum Gasteiger partial charge on any atom is 0.308 e. The highest BCUT2D eigenvalue weighted by atomic mass is 16.5. The molecule has 0 atom stereocenters. The van der Waals surface area contributed by atoms with Gasteiger partial charge in [-0.25, -0.2) is 4.98 Å². The normalized spacial score (nSPS) is 22.8. The van der Waals surface area contributed by atoms with Crippen molar-refractivity contribution in [2.45, 2.75) is 38.7 Å². The molecule has 0 unspecified atom stereocenters. The van der Waals surface area contributed by atoms with Crippen molar-refractivity contribution in [3.63, 3.8) is 0 Å². The van der Waals surface area contributed by atoms with Gasteiger partial charge in [-0.3, -0.25) is 4.79 Å². The third kappa shape index (κ3) is 3.36. The van der Waals surface area contributed by atoms with Gasteiger partial charge in [0.25, 0.3) is 0 Å². The van der Waals surface area contributed by atoms with E-state index in [2.05, 4.69) is 4.98 Å². The van der Waals surface area contributed by atoms with Crippen molar-refractivity contribution in [1.29, 1.82) is 0 Å². The molecule has 5 nitrogen and oxygen atoms in total. The van der Waals surface area contributed by atoms with Gasteiger partial charge in [-0.1, -0.05) is 0 Å². The molecule has 19 heavy (non-hydrogen) atoms. The second-order valence-electron chi connectivity index (χ2n) is 5.01. The highest BCUT2D eigenvalue weighted by molar-refractivity contribution is 5.72. The number of carbonyl (C=O) groups is 1. The minimum atomic E-state index is -0.111. The van der Waals surface area contributed by atoms with Crippen LogP contribution in [0.5, 0.6) is 5.88 Å². The van der Waals surface area contributed by atoms with Crippen LogP contribution in [0.2, 0.25) is 0 Å². The van der Waals surface area contributed by atoms with Crippen molar-refractivity contribution in [2.75, 3.05) is 12.8 Å². The first-order chi connectivity index (χ1) is 9.10. The van der Waals surface area contributed by atoms with E-state index < -0.39 is 0 Å². The number of ether oxygens (including phenoxy) is 2. The Morgan fingerprint density at radius 1 is 1.37 bits per heavy atom. The lowest BCUT2D eigenvalue weighted by atomic mass is 9.87. The van der Waals surface area contributed by atoms with Crippen LogP contribution in [0.1, 0.15) is 31.2 Å². The van der Waals surface area contributed by atoms with Crippen molar-refractivity contribution in [2.24, 2.45) is 5.92 Å². The van der Waals surface area contributed by atoms with Crippen LogP contribution in [0.15, 0.2) is 12.3 Å². The predicted molar refractivity (Wildman–Crippen MR) is 71.8 cm³/mol. The van der Waals surface area contributed by atoms with E-state index in [-0.39, 0.29) is 18.0 Å². The van der Waals surface area contributed by atoms with Gasteiger partial charge in [0.2, 0.25) is 5.88 Å². The SMILES string of the molecule is COC(=O)[C@H]1CC[C@H](Oc2ncc(N)cc2C)CC1. The highest BCUT2D eigenvalue weighted by Crippen LogP contribution is 2.29. The van der Waals surface area contributed by atoms with Gasteiger partial charge < -0.3 is 15.2 Å². The molecule has 1 aliphatic carbocycles. The fourth-order valence-electron chi connectivity index (χ4n) is 2.45. The average Bonchev–Trinajstić information content (AvgIpc) is 2.42. The molecule has 104 valence electrons. The second kappa shape index (κ2) is 5.91. The van der Waals surface area contributed by atoms with Crippen LogP contribution in [-0.4, -0.2) is 24.2 Å². The van der Waals surface area contributed by atoms with Crippen LogP contribution >= 0.6 is 0 Å². The molecule has 1 aromatic rings. The molecule has 1 aliphatic rings. The number of methoxy groups -OCH3 is 1. The first kappa shape index (κ1) is 13.6. The Bertz CT molecular complexity index is 454. The number of hydrogen-bond acceptors (Lipinski definition) is 5.